The van der Waals surface area contributed by atoms with Crippen molar-refractivity contribution in [3.05, 3.63) is 33.9 Å². The molecule has 7 heteroatoms. The van der Waals surface area contributed by atoms with Crippen molar-refractivity contribution in [2.45, 2.75) is 25.4 Å². The van der Waals surface area contributed by atoms with Crippen LogP contribution in [0.3, 0.4) is 0 Å². The van der Waals surface area contributed by atoms with E-state index < -0.39 is 4.92 Å². The second-order valence-electron chi connectivity index (χ2n) is 5.13. The van der Waals surface area contributed by atoms with Crippen LogP contribution in [0.15, 0.2) is 18.2 Å². The minimum Gasteiger partial charge on any atom is -0.490 e. The summed E-state index contributed by atoms with van der Waals surface area (Å²) >= 11 is 0. The van der Waals surface area contributed by atoms with Crippen LogP contribution in [0, 0.1) is 10.1 Å². The van der Waals surface area contributed by atoms with Crippen LogP contribution in [-0.2, 0) is 6.54 Å². The number of methoxy groups -OCH3 is 1. The molecule has 1 aromatic carbocycles. The molecule has 0 radical (unpaired) electrons. The van der Waals surface area contributed by atoms with Crippen LogP contribution < -0.4 is 10.1 Å². The third-order valence-corrected chi connectivity index (χ3v) is 3.76. The molecule has 1 heterocycles. The number of ether oxygens (including phenoxy) is 1. The Labute approximate surface area is 131 Å². The summed E-state index contributed by atoms with van der Waals surface area (Å²) in [7, 11) is 3.43. The van der Waals surface area contributed by atoms with Crippen LogP contribution in [0.25, 0.3) is 0 Å². The van der Waals surface area contributed by atoms with Gasteiger partial charge in [-0.05, 0) is 38.1 Å². The van der Waals surface area contributed by atoms with Crippen LogP contribution in [0.1, 0.15) is 18.4 Å². The second kappa shape index (κ2) is 8.17. The Morgan fingerprint density at radius 1 is 1.52 bits per heavy atom. The van der Waals surface area contributed by atoms with Crippen molar-refractivity contribution in [3.8, 4) is 5.75 Å². The minimum absolute atomic E-state index is 0. The fourth-order valence-corrected chi connectivity index (χ4v) is 2.67. The molecule has 1 aromatic rings. The van der Waals surface area contributed by atoms with Gasteiger partial charge in [0.05, 0.1) is 12.0 Å². The Bertz CT molecular complexity index is 485. The topological polar surface area (TPSA) is 67.6 Å². The van der Waals surface area contributed by atoms with Gasteiger partial charge >= 0.3 is 5.69 Å². The number of nitro groups is 1. The van der Waals surface area contributed by atoms with E-state index in [-0.39, 0.29) is 18.1 Å². The van der Waals surface area contributed by atoms with Crippen LogP contribution in [0.2, 0.25) is 0 Å². The molecule has 2 rings (SSSR count). The van der Waals surface area contributed by atoms with E-state index in [0.29, 0.717) is 11.8 Å². The summed E-state index contributed by atoms with van der Waals surface area (Å²) in [5.74, 6) is 0.311. The predicted molar refractivity (Wildman–Crippen MR) is 84.3 cm³/mol. The first kappa shape index (κ1) is 17.7. The number of nitrogens with zero attached hydrogens (tertiary/aromatic N) is 2. The van der Waals surface area contributed by atoms with Crippen molar-refractivity contribution >= 4 is 18.1 Å². The van der Waals surface area contributed by atoms with E-state index in [4.69, 9.17) is 4.74 Å². The van der Waals surface area contributed by atoms with Crippen LogP contribution in [0.5, 0.6) is 5.75 Å². The molecule has 1 aliphatic heterocycles. The van der Waals surface area contributed by atoms with Crippen molar-refractivity contribution in [2.75, 3.05) is 27.2 Å². The summed E-state index contributed by atoms with van der Waals surface area (Å²) in [4.78, 5) is 13.0. The van der Waals surface area contributed by atoms with E-state index in [0.717, 1.165) is 31.6 Å². The molecule has 0 amide bonds. The number of rotatable bonds is 5. The number of hydrogen-bond acceptors (Lipinski definition) is 5. The van der Waals surface area contributed by atoms with E-state index >= 15 is 0 Å². The Morgan fingerprint density at radius 3 is 2.90 bits per heavy atom. The molecule has 0 bridgehead atoms. The molecule has 0 aromatic heterocycles. The lowest BCUT2D eigenvalue weighted by Gasteiger charge is -2.32. The number of halogens is 1. The van der Waals surface area contributed by atoms with E-state index in [9.17, 15) is 10.1 Å². The summed E-state index contributed by atoms with van der Waals surface area (Å²) in [5.41, 5.74) is 0.987. The zero-order chi connectivity index (χ0) is 14.5. The van der Waals surface area contributed by atoms with Gasteiger partial charge in [0.15, 0.2) is 5.75 Å². The van der Waals surface area contributed by atoms with Gasteiger partial charge in [0.2, 0.25) is 0 Å². The first-order chi connectivity index (χ1) is 9.63. The van der Waals surface area contributed by atoms with Gasteiger partial charge in [-0.15, -0.1) is 12.4 Å². The van der Waals surface area contributed by atoms with E-state index in [2.05, 4.69) is 10.2 Å². The Kier molecular flexibility index (Phi) is 6.87. The third-order valence-electron chi connectivity index (χ3n) is 3.76. The highest BCUT2D eigenvalue weighted by Gasteiger charge is 2.20. The van der Waals surface area contributed by atoms with Crippen molar-refractivity contribution in [2.24, 2.45) is 0 Å². The molecule has 0 aliphatic carbocycles. The van der Waals surface area contributed by atoms with E-state index in [1.54, 1.807) is 12.1 Å². The maximum atomic E-state index is 11.0. The van der Waals surface area contributed by atoms with Gasteiger partial charge in [-0.3, -0.25) is 15.0 Å². The largest absolute Gasteiger partial charge is 0.490 e. The average Bonchev–Trinajstić information content (AvgIpc) is 2.47. The average molecular weight is 316 g/mol. The minimum atomic E-state index is -0.394. The smallest absolute Gasteiger partial charge is 0.311 e. The Morgan fingerprint density at radius 2 is 2.29 bits per heavy atom. The molecule has 0 spiro atoms. The fourth-order valence-electron chi connectivity index (χ4n) is 2.67. The molecule has 1 fully saturated rings. The predicted octanol–water partition coefficient (Wildman–Crippen LogP) is 2.21. The standard InChI is InChI=1S/C14H21N3O3.ClH/c1-15-12-4-3-7-16(10-12)9-11-5-6-14(20-2)13(8-11)17(18)19;/h5-6,8,12,15H,3-4,7,9-10H2,1-2H3;1H. The number of benzene rings is 1. The molecular weight excluding hydrogens is 294 g/mol. The summed E-state index contributed by atoms with van der Waals surface area (Å²) < 4.78 is 5.02. The normalized spacial score (nSPS) is 18.9. The van der Waals surface area contributed by atoms with Crippen LogP contribution in [0.4, 0.5) is 5.69 Å². The second-order valence-corrected chi connectivity index (χ2v) is 5.13. The van der Waals surface area contributed by atoms with Gasteiger partial charge in [0, 0.05) is 25.2 Å². The summed E-state index contributed by atoms with van der Waals surface area (Å²) in [6.07, 6.45) is 2.35. The summed E-state index contributed by atoms with van der Waals surface area (Å²) in [5, 5.41) is 14.3. The SMILES string of the molecule is CNC1CCCN(Cc2ccc(OC)c([N+](=O)[O-])c2)C1.Cl. The lowest BCUT2D eigenvalue weighted by molar-refractivity contribution is -0.385. The highest BCUT2D eigenvalue weighted by Crippen LogP contribution is 2.28. The zero-order valence-electron chi connectivity index (χ0n) is 12.4. The first-order valence-electron chi connectivity index (χ1n) is 6.85. The lowest BCUT2D eigenvalue weighted by atomic mass is 10.0. The molecule has 6 nitrogen and oxygen atoms in total. The van der Waals surface area contributed by atoms with Crippen LogP contribution in [-0.4, -0.2) is 43.1 Å². The maximum absolute atomic E-state index is 11.0. The molecule has 1 saturated heterocycles. The van der Waals surface area contributed by atoms with Gasteiger partial charge < -0.3 is 10.1 Å². The molecular formula is C14H22ClN3O3. The first-order valence-corrected chi connectivity index (χ1v) is 6.85. The van der Waals surface area contributed by atoms with Gasteiger partial charge in [0.25, 0.3) is 0 Å². The molecule has 1 atom stereocenters. The molecule has 1 N–H and O–H groups in total. The summed E-state index contributed by atoms with van der Waals surface area (Å²) in [6.45, 7) is 2.76. The molecule has 1 unspecified atom stereocenters. The van der Waals surface area contributed by atoms with Crippen molar-refractivity contribution in [3.63, 3.8) is 0 Å². The molecule has 118 valence electrons. The Hall–Kier alpha value is -1.37. The molecule has 21 heavy (non-hydrogen) atoms. The molecule has 1 aliphatic rings. The highest BCUT2D eigenvalue weighted by atomic mass is 35.5. The van der Waals surface area contributed by atoms with Crippen molar-refractivity contribution in [1.29, 1.82) is 0 Å². The fraction of sp³-hybridized carbons (Fsp3) is 0.571. The number of piperidine rings is 1. The number of nitrogens with one attached hydrogen (secondary N) is 1. The van der Waals surface area contributed by atoms with Crippen LogP contribution >= 0.6 is 12.4 Å². The molecule has 0 saturated carbocycles. The quantitative estimate of drug-likeness (QED) is 0.666. The lowest BCUT2D eigenvalue weighted by Crippen LogP contribution is -2.43. The summed E-state index contributed by atoms with van der Waals surface area (Å²) in [6, 6.07) is 5.70. The van der Waals surface area contributed by atoms with E-state index in [1.807, 2.05) is 13.1 Å². The van der Waals surface area contributed by atoms with Gasteiger partial charge in [-0.2, -0.15) is 0 Å². The highest BCUT2D eigenvalue weighted by molar-refractivity contribution is 5.85. The van der Waals surface area contributed by atoms with Gasteiger partial charge in [-0.1, -0.05) is 6.07 Å². The van der Waals surface area contributed by atoms with Gasteiger partial charge in [-0.25, -0.2) is 0 Å². The van der Waals surface area contributed by atoms with Crippen molar-refractivity contribution < 1.29 is 9.66 Å². The third kappa shape index (κ3) is 4.56. The Balaban J connectivity index is 0.00000220. The number of hydrogen-bond donors (Lipinski definition) is 1. The monoisotopic (exact) mass is 315 g/mol. The van der Waals surface area contributed by atoms with Gasteiger partial charge in [0.1, 0.15) is 0 Å². The number of nitro benzene ring substituents is 1. The zero-order valence-corrected chi connectivity index (χ0v) is 13.2. The number of likely N-dealkylation sites (tertiary alicyclic amines) is 1. The number of likely N-dealkylation sites (N-methyl/N-ethyl adjacent to an activating group) is 1. The van der Waals surface area contributed by atoms with E-state index in [1.165, 1.54) is 13.5 Å². The maximum Gasteiger partial charge on any atom is 0.311 e. The van der Waals surface area contributed by atoms with Crippen molar-refractivity contribution in [1.82, 2.24) is 10.2 Å².